The number of nitrogens with zero attached hydrogens (tertiary/aromatic N) is 4. The smallest absolute Gasteiger partial charge is 0.281 e. The molecular formula is C14H15N5O2. The molecule has 108 valence electrons. The fourth-order valence-electron chi connectivity index (χ4n) is 2.01. The number of H-pyrrole nitrogens is 1. The molecule has 0 aliphatic heterocycles. The first-order valence-electron chi connectivity index (χ1n) is 6.74. The van der Waals surface area contributed by atoms with Gasteiger partial charge in [0.15, 0.2) is 11.2 Å². The maximum absolute atomic E-state index is 11.8. The zero-order chi connectivity index (χ0) is 14.8. The van der Waals surface area contributed by atoms with Crippen LogP contribution >= 0.6 is 0 Å². The van der Waals surface area contributed by atoms with Crippen LogP contribution in [0.25, 0.3) is 16.9 Å². The van der Waals surface area contributed by atoms with Crippen LogP contribution in [-0.4, -0.2) is 31.6 Å². The molecule has 7 nitrogen and oxygen atoms in total. The van der Waals surface area contributed by atoms with E-state index in [1.807, 2.05) is 24.3 Å². The van der Waals surface area contributed by atoms with Gasteiger partial charge in [0, 0.05) is 0 Å². The van der Waals surface area contributed by atoms with E-state index >= 15 is 0 Å². The topological polar surface area (TPSA) is 85.7 Å². The van der Waals surface area contributed by atoms with Crippen molar-refractivity contribution in [2.45, 2.75) is 20.3 Å². The van der Waals surface area contributed by atoms with E-state index < -0.39 is 0 Å². The Balaban J connectivity index is 2.02. The van der Waals surface area contributed by atoms with Crippen LogP contribution in [-0.2, 0) is 0 Å². The van der Waals surface area contributed by atoms with Crippen LogP contribution < -0.4 is 10.3 Å². The number of rotatable bonds is 4. The lowest BCUT2D eigenvalue weighted by Crippen LogP contribution is -2.10. The number of aromatic amines is 1. The highest BCUT2D eigenvalue weighted by Gasteiger charge is 2.11. The summed E-state index contributed by atoms with van der Waals surface area (Å²) in [5.74, 6) is 1.32. The number of fused-ring (bicyclic) bond motifs is 1. The van der Waals surface area contributed by atoms with Gasteiger partial charge in [-0.15, -0.1) is 5.10 Å². The molecule has 0 unspecified atom stereocenters. The molecule has 0 atom stereocenters. The molecule has 0 aliphatic rings. The van der Waals surface area contributed by atoms with Crippen LogP contribution in [0.5, 0.6) is 5.75 Å². The number of aromatic nitrogens is 5. The molecule has 0 aliphatic carbocycles. The van der Waals surface area contributed by atoms with E-state index in [1.165, 1.54) is 0 Å². The van der Waals surface area contributed by atoms with Gasteiger partial charge in [-0.25, -0.2) is 4.98 Å². The number of hydrogen-bond acceptors (Lipinski definition) is 5. The normalized spacial score (nSPS) is 11.0. The van der Waals surface area contributed by atoms with Crippen molar-refractivity contribution in [3.8, 4) is 11.4 Å². The summed E-state index contributed by atoms with van der Waals surface area (Å²) in [6.45, 7) is 4.46. The molecule has 0 spiro atoms. The standard InChI is InChI=1S/C14H15N5O2/c1-3-8-21-11-6-4-10(5-7-11)19-13-12(17-18-19)14(20)16-9(2)15-13/h4-7H,3,8H2,1-2H3,(H,15,16,20). The lowest BCUT2D eigenvalue weighted by atomic mass is 10.3. The van der Waals surface area contributed by atoms with Crippen molar-refractivity contribution in [2.24, 2.45) is 0 Å². The summed E-state index contributed by atoms with van der Waals surface area (Å²) in [5, 5.41) is 7.89. The second-order valence-electron chi connectivity index (χ2n) is 4.67. The third-order valence-corrected chi connectivity index (χ3v) is 2.98. The molecule has 1 aromatic carbocycles. The fourth-order valence-corrected chi connectivity index (χ4v) is 2.01. The molecule has 7 heteroatoms. The third-order valence-electron chi connectivity index (χ3n) is 2.98. The lowest BCUT2D eigenvalue weighted by molar-refractivity contribution is 0.317. The Labute approximate surface area is 120 Å². The predicted octanol–water partition coefficient (Wildman–Crippen LogP) is 1.60. The van der Waals surface area contributed by atoms with Crippen LogP contribution in [0.3, 0.4) is 0 Å². The quantitative estimate of drug-likeness (QED) is 0.787. The highest BCUT2D eigenvalue weighted by Crippen LogP contribution is 2.17. The largest absolute Gasteiger partial charge is 0.494 e. The second-order valence-corrected chi connectivity index (χ2v) is 4.67. The van der Waals surface area contributed by atoms with Crippen molar-refractivity contribution in [1.29, 1.82) is 0 Å². The highest BCUT2D eigenvalue weighted by atomic mass is 16.5. The van der Waals surface area contributed by atoms with Crippen LogP contribution in [0.1, 0.15) is 19.2 Å². The fraction of sp³-hybridized carbons (Fsp3) is 0.286. The minimum atomic E-state index is -0.286. The Hall–Kier alpha value is -2.70. The molecule has 3 aromatic rings. The molecule has 0 fully saturated rings. The summed E-state index contributed by atoms with van der Waals surface area (Å²) >= 11 is 0. The van der Waals surface area contributed by atoms with E-state index in [0.29, 0.717) is 18.1 Å². The number of aryl methyl sites for hydroxylation is 1. The monoisotopic (exact) mass is 285 g/mol. The van der Waals surface area contributed by atoms with Gasteiger partial charge in [-0.1, -0.05) is 12.1 Å². The van der Waals surface area contributed by atoms with Gasteiger partial charge in [0.05, 0.1) is 12.3 Å². The molecule has 0 saturated heterocycles. The molecule has 0 bridgehead atoms. The maximum Gasteiger partial charge on any atom is 0.281 e. The minimum Gasteiger partial charge on any atom is -0.494 e. The zero-order valence-corrected chi connectivity index (χ0v) is 11.8. The van der Waals surface area contributed by atoms with Crippen molar-refractivity contribution in [3.05, 3.63) is 40.4 Å². The van der Waals surface area contributed by atoms with E-state index in [2.05, 4.69) is 27.2 Å². The number of nitrogens with one attached hydrogen (secondary N) is 1. The van der Waals surface area contributed by atoms with Crippen LogP contribution in [0.15, 0.2) is 29.1 Å². The molecule has 2 aromatic heterocycles. The van der Waals surface area contributed by atoms with Crippen LogP contribution in [0.2, 0.25) is 0 Å². The van der Waals surface area contributed by atoms with Gasteiger partial charge in [-0.05, 0) is 37.6 Å². The average molecular weight is 285 g/mol. The van der Waals surface area contributed by atoms with Gasteiger partial charge >= 0.3 is 0 Å². The lowest BCUT2D eigenvalue weighted by Gasteiger charge is -2.06. The first kappa shape index (κ1) is 13.3. The van der Waals surface area contributed by atoms with Gasteiger partial charge in [0.25, 0.3) is 5.56 Å². The zero-order valence-electron chi connectivity index (χ0n) is 11.8. The summed E-state index contributed by atoms with van der Waals surface area (Å²) < 4.78 is 7.08. The molecular weight excluding hydrogens is 270 g/mol. The summed E-state index contributed by atoms with van der Waals surface area (Å²) in [6.07, 6.45) is 0.960. The highest BCUT2D eigenvalue weighted by molar-refractivity contribution is 5.70. The van der Waals surface area contributed by atoms with E-state index in [0.717, 1.165) is 17.9 Å². The predicted molar refractivity (Wildman–Crippen MR) is 77.8 cm³/mol. The summed E-state index contributed by atoms with van der Waals surface area (Å²) in [6, 6.07) is 7.44. The maximum atomic E-state index is 11.8. The van der Waals surface area contributed by atoms with Gasteiger partial charge in [0.2, 0.25) is 0 Å². The Morgan fingerprint density at radius 2 is 2.05 bits per heavy atom. The molecule has 0 saturated carbocycles. The Kier molecular flexibility index (Phi) is 3.39. The third kappa shape index (κ3) is 2.49. The first-order valence-corrected chi connectivity index (χ1v) is 6.74. The van der Waals surface area contributed by atoms with Gasteiger partial charge < -0.3 is 9.72 Å². The van der Waals surface area contributed by atoms with E-state index in [4.69, 9.17) is 4.74 Å². The Morgan fingerprint density at radius 3 is 2.76 bits per heavy atom. The van der Waals surface area contributed by atoms with Gasteiger partial charge in [0.1, 0.15) is 11.6 Å². The van der Waals surface area contributed by atoms with Crippen molar-refractivity contribution in [2.75, 3.05) is 6.61 Å². The van der Waals surface area contributed by atoms with Gasteiger partial charge in [-0.2, -0.15) is 4.68 Å². The first-order chi connectivity index (χ1) is 10.2. The summed E-state index contributed by atoms with van der Waals surface area (Å²) in [4.78, 5) is 18.7. The SMILES string of the molecule is CCCOc1ccc(-n2nnc3c(=O)[nH]c(C)nc32)cc1. The van der Waals surface area contributed by atoms with Gasteiger partial charge in [-0.3, -0.25) is 4.79 Å². The number of benzene rings is 1. The van der Waals surface area contributed by atoms with Crippen molar-refractivity contribution < 1.29 is 4.74 Å². The van der Waals surface area contributed by atoms with Crippen LogP contribution in [0.4, 0.5) is 0 Å². The van der Waals surface area contributed by atoms with Crippen molar-refractivity contribution >= 4 is 11.2 Å². The second kappa shape index (κ2) is 5.35. The molecule has 2 heterocycles. The molecule has 1 N–H and O–H groups in total. The van der Waals surface area contributed by atoms with Crippen LogP contribution in [0, 0.1) is 6.92 Å². The molecule has 0 amide bonds. The number of hydrogen-bond donors (Lipinski definition) is 1. The molecule has 0 radical (unpaired) electrons. The minimum absolute atomic E-state index is 0.229. The molecule has 3 rings (SSSR count). The Morgan fingerprint density at radius 1 is 1.29 bits per heavy atom. The molecule has 21 heavy (non-hydrogen) atoms. The number of ether oxygens (including phenoxy) is 1. The summed E-state index contributed by atoms with van der Waals surface area (Å²) in [7, 11) is 0. The average Bonchev–Trinajstić information content (AvgIpc) is 2.89. The van der Waals surface area contributed by atoms with Crippen molar-refractivity contribution in [3.63, 3.8) is 0 Å². The van der Waals surface area contributed by atoms with E-state index in [1.54, 1.807) is 11.6 Å². The Bertz CT molecular complexity index is 819. The summed E-state index contributed by atoms with van der Waals surface area (Å²) in [5.41, 5.74) is 1.16. The van der Waals surface area contributed by atoms with E-state index in [9.17, 15) is 4.79 Å². The van der Waals surface area contributed by atoms with Crippen molar-refractivity contribution in [1.82, 2.24) is 25.0 Å². The van der Waals surface area contributed by atoms with E-state index in [-0.39, 0.29) is 11.1 Å².